The number of alkyl halides is 3. The molecule has 0 aliphatic carbocycles. The summed E-state index contributed by atoms with van der Waals surface area (Å²) in [6.45, 7) is 6.40. The highest BCUT2D eigenvalue weighted by atomic mass is 19.4. The van der Waals surface area contributed by atoms with Crippen LogP contribution in [0.3, 0.4) is 0 Å². The average molecular weight is 557 g/mol. The minimum absolute atomic E-state index is 0.0428. The summed E-state index contributed by atoms with van der Waals surface area (Å²) in [6.07, 6.45) is -2.13. The maximum absolute atomic E-state index is 14.8. The number of hydrogen-bond donors (Lipinski definition) is 3. The summed E-state index contributed by atoms with van der Waals surface area (Å²) in [6, 6.07) is 9.90. The van der Waals surface area contributed by atoms with E-state index in [1.807, 2.05) is 11.9 Å². The molecule has 12 heteroatoms. The normalized spacial score (nSPS) is 14.4. The molecule has 8 nitrogen and oxygen atoms in total. The second-order valence-electron chi connectivity index (χ2n) is 9.35. The van der Waals surface area contributed by atoms with E-state index in [1.165, 1.54) is 36.5 Å². The van der Waals surface area contributed by atoms with E-state index in [1.54, 1.807) is 6.07 Å². The van der Waals surface area contributed by atoms with Crippen LogP contribution in [0.5, 0.6) is 0 Å². The number of rotatable bonds is 7. The quantitative estimate of drug-likeness (QED) is 0.267. The minimum Gasteiger partial charge on any atom is -0.308 e. The summed E-state index contributed by atoms with van der Waals surface area (Å²) in [5, 5.41) is 7.31. The van der Waals surface area contributed by atoms with E-state index in [0.29, 0.717) is 18.7 Å². The maximum Gasteiger partial charge on any atom is 0.416 e. The van der Waals surface area contributed by atoms with Crippen LogP contribution < -0.4 is 16.0 Å². The van der Waals surface area contributed by atoms with Crippen molar-refractivity contribution in [2.24, 2.45) is 0 Å². The molecule has 2 heterocycles. The second kappa shape index (κ2) is 12.3. The van der Waals surface area contributed by atoms with Crippen molar-refractivity contribution in [3.8, 4) is 11.1 Å². The fraction of sp³-hybridized carbons (Fsp3) is 0.250. The molecule has 4 rings (SSSR count). The Hall–Kier alpha value is -4.29. The summed E-state index contributed by atoms with van der Waals surface area (Å²) in [5.74, 6) is -0.823. The molecular weight excluding hydrogens is 528 g/mol. The summed E-state index contributed by atoms with van der Waals surface area (Å²) < 4.78 is 56.3. The molecule has 1 aromatic heterocycles. The van der Waals surface area contributed by atoms with Crippen molar-refractivity contribution >= 4 is 29.1 Å². The van der Waals surface area contributed by atoms with Crippen molar-refractivity contribution in [3.63, 3.8) is 0 Å². The van der Waals surface area contributed by atoms with Crippen LogP contribution in [0, 0.1) is 5.82 Å². The third kappa shape index (κ3) is 7.42. The van der Waals surface area contributed by atoms with Gasteiger partial charge in [0.1, 0.15) is 11.6 Å². The molecular formula is C28H28F4N6O2. The number of amides is 3. The Labute approximate surface area is 228 Å². The Morgan fingerprint density at radius 2 is 1.65 bits per heavy atom. The predicted molar refractivity (Wildman–Crippen MR) is 145 cm³/mol. The van der Waals surface area contributed by atoms with Gasteiger partial charge in [0, 0.05) is 61.4 Å². The highest BCUT2D eigenvalue weighted by Gasteiger charge is 2.34. The lowest BCUT2D eigenvalue weighted by molar-refractivity contribution is -0.138. The van der Waals surface area contributed by atoms with Gasteiger partial charge in [0.05, 0.1) is 5.56 Å². The van der Waals surface area contributed by atoms with Crippen molar-refractivity contribution in [2.75, 3.05) is 49.2 Å². The molecule has 0 bridgehead atoms. The molecule has 0 atom stereocenters. The molecule has 1 fully saturated rings. The molecule has 3 amide bonds. The van der Waals surface area contributed by atoms with Gasteiger partial charge >= 0.3 is 12.2 Å². The molecule has 1 saturated heterocycles. The number of carbonyl (C=O) groups is 2. The molecule has 3 aromatic rings. The lowest BCUT2D eigenvalue weighted by atomic mass is 10.0. The first kappa shape index (κ1) is 28.7. The second-order valence-corrected chi connectivity index (χ2v) is 9.35. The maximum atomic E-state index is 14.8. The summed E-state index contributed by atoms with van der Waals surface area (Å²) in [5.41, 5.74) is 0.00455. The molecule has 2 aromatic carbocycles. The van der Waals surface area contributed by atoms with Gasteiger partial charge in [0.2, 0.25) is 5.91 Å². The molecule has 0 radical (unpaired) electrons. The number of hydrogen-bond acceptors (Lipinski definition) is 5. The Kier molecular flexibility index (Phi) is 8.80. The predicted octanol–water partition coefficient (Wildman–Crippen LogP) is 5.42. The van der Waals surface area contributed by atoms with Crippen LogP contribution in [-0.4, -0.2) is 59.9 Å². The summed E-state index contributed by atoms with van der Waals surface area (Å²) in [4.78, 5) is 32.0. The Bertz CT molecular complexity index is 1390. The monoisotopic (exact) mass is 556 g/mol. The molecule has 0 saturated carbocycles. The Balaban J connectivity index is 1.42. The number of likely N-dealkylation sites (N-methyl/N-ethyl adjacent to an activating group) is 1. The van der Waals surface area contributed by atoms with Crippen LogP contribution in [0.1, 0.15) is 11.1 Å². The van der Waals surface area contributed by atoms with Gasteiger partial charge in [-0.1, -0.05) is 12.6 Å². The van der Waals surface area contributed by atoms with E-state index in [-0.39, 0.29) is 34.9 Å². The number of halogens is 4. The minimum atomic E-state index is -4.60. The van der Waals surface area contributed by atoms with Crippen molar-refractivity contribution in [3.05, 3.63) is 84.3 Å². The van der Waals surface area contributed by atoms with Crippen molar-refractivity contribution in [1.29, 1.82) is 0 Å². The number of carbonyl (C=O) groups excluding carboxylic acids is 2. The van der Waals surface area contributed by atoms with Crippen LogP contribution in [0.2, 0.25) is 0 Å². The van der Waals surface area contributed by atoms with Gasteiger partial charge in [-0.15, -0.1) is 0 Å². The standard InChI is InChI=1S/C28H28F4N6O2/c1-3-26(39)36-25-9-5-18(16-33-25)22-8-7-21(15-24(22)29)35-27(40)34-20-6-4-19(23(14-20)28(30,31)32)17-38-12-10-37(2)11-13-38/h3-9,14-16H,1,10-13,17H2,2H3,(H,33,36,39)(H2,34,35,40). The number of pyridine rings is 1. The zero-order valence-electron chi connectivity index (χ0n) is 21.7. The van der Waals surface area contributed by atoms with Crippen LogP contribution in [0.15, 0.2) is 67.4 Å². The number of benzene rings is 2. The first-order valence-corrected chi connectivity index (χ1v) is 12.4. The molecule has 40 heavy (non-hydrogen) atoms. The smallest absolute Gasteiger partial charge is 0.308 e. The number of nitrogens with one attached hydrogen (secondary N) is 3. The van der Waals surface area contributed by atoms with Gasteiger partial charge in [0.15, 0.2) is 0 Å². The number of piperazine rings is 1. The van der Waals surface area contributed by atoms with E-state index in [0.717, 1.165) is 31.3 Å². The topological polar surface area (TPSA) is 89.6 Å². The highest BCUT2D eigenvalue weighted by Crippen LogP contribution is 2.35. The van der Waals surface area contributed by atoms with E-state index < -0.39 is 29.5 Å². The van der Waals surface area contributed by atoms with Gasteiger partial charge in [0.25, 0.3) is 0 Å². The van der Waals surface area contributed by atoms with E-state index >= 15 is 0 Å². The van der Waals surface area contributed by atoms with E-state index in [9.17, 15) is 27.2 Å². The van der Waals surface area contributed by atoms with Gasteiger partial charge in [-0.25, -0.2) is 14.2 Å². The van der Waals surface area contributed by atoms with Crippen molar-refractivity contribution in [1.82, 2.24) is 14.8 Å². The Morgan fingerprint density at radius 3 is 2.25 bits per heavy atom. The molecule has 1 aliphatic rings. The first-order valence-electron chi connectivity index (χ1n) is 12.4. The number of anilines is 3. The van der Waals surface area contributed by atoms with Crippen LogP contribution in [0.25, 0.3) is 11.1 Å². The Morgan fingerprint density at radius 1 is 0.975 bits per heavy atom. The van der Waals surface area contributed by atoms with E-state index in [2.05, 4.69) is 32.4 Å². The van der Waals surface area contributed by atoms with Gasteiger partial charge in [-0.2, -0.15) is 13.2 Å². The average Bonchev–Trinajstić information content (AvgIpc) is 2.91. The molecule has 0 spiro atoms. The largest absolute Gasteiger partial charge is 0.416 e. The lowest BCUT2D eigenvalue weighted by Crippen LogP contribution is -2.44. The van der Waals surface area contributed by atoms with Gasteiger partial charge in [-0.3, -0.25) is 9.69 Å². The van der Waals surface area contributed by atoms with Crippen LogP contribution in [0.4, 0.5) is 39.5 Å². The molecule has 3 N–H and O–H groups in total. The third-order valence-corrected chi connectivity index (χ3v) is 6.40. The molecule has 210 valence electrons. The summed E-state index contributed by atoms with van der Waals surface area (Å²) in [7, 11) is 1.97. The van der Waals surface area contributed by atoms with Crippen molar-refractivity contribution < 1.29 is 27.2 Å². The zero-order chi connectivity index (χ0) is 28.9. The highest BCUT2D eigenvalue weighted by molar-refractivity contribution is 6.00. The van der Waals surface area contributed by atoms with Gasteiger partial charge in [-0.05, 0) is 61.2 Å². The fourth-order valence-corrected chi connectivity index (χ4v) is 4.23. The molecule has 1 aliphatic heterocycles. The van der Waals surface area contributed by atoms with Gasteiger partial charge < -0.3 is 20.9 Å². The van der Waals surface area contributed by atoms with Crippen molar-refractivity contribution in [2.45, 2.75) is 12.7 Å². The number of urea groups is 1. The molecule has 0 unspecified atom stereocenters. The number of aromatic nitrogens is 1. The first-order chi connectivity index (χ1) is 19.0. The SMILES string of the molecule is C=CC(=O)Nc1ccc(-c2ccc(NC(=O)Nc3ccc(CN4CCN(C)CC4)c(C(F)(F)F)c3)cc2F)cn1. The third-order valence-electron chi connectivity index (χ3n) is 6.40. The number of nitrogens with zero attached hydrogens (tertiary/aromatic N) is 3. The fourth-order valence-electron chi connectivity index (χ4n) is 4.23. The van der Waals surface area contributed by atoms with E-state index in [4.69, 9.17) is 0 Å². The zero-order valence-corrected chi connectivity index (χ0v) is 21.7. The summed E-state index contributed by atoms with van der Waals surface area (Å²) >= 11 is 0. The van der Waals surface area contributed by atoms with Crippen LogP contribution in [-0.2, 0) is 17.5 Å². The van der Waals surface area contributed by atoms with Crippen LogP contribution >= 0.6 is 0 Å². The lowest BCUT2D eigenvalue weighted by Gasteiger charge is -2.33.